The minimum absolute atomic E-state index is 0. The van der Waals surface area contributed by atoms with Gasteiger partial charge in [0.25, 0.3) is 0 Å². The van der Waals surface area contributed by atoms with Crippen LogP contribution in [0.25, 0.3) is 0 Å². The summed E-state index contributed by atoms with van der Waals surface area (Å²) < 4.78 is 0.590. The molecule has 0 nitrogen and oxygen atoms in total. The Morgan fingerprint density at radius 1 is 1.17 bits per heavy atom. The van der Waals surface area contributed by atoms with Crippen LogP contribution in [-0.4, -0.2) is 41.4 Å². The average Bonchev–Trinajstić information content (AvgIpc) is 0.722. The first-order valence-electron chi connectivity index (χ1n) is 1.75. The van der Waals surface area contributed by atoms with E-state index >= 15 is 0 Å². The van der Waals surface area contributed by atoms with E-state index in [2.05, 4.69) is 20.8 Å². The van der Waals surface area contributed by atoms with E-state index in [0.717, 1.165) is 0 Å². The predicted octanol–water partition coefficient (Wildman–Crippen LogP) is 0.992. The van der Waals surface area contributed by atoms with Crippen LogP contribution < -0.4 is 0 Å². The van der Waals surface area contributed by atoms with Crippen molar-refractivity contribution in [1.29, 1.82) is 0 Å². The molecular formula is C4H9LiSn. The van der Waals surface area contributed by atoms with E-state index in [4.69, 9.17) is 0 Å². The Kier molecular flexibility index (Phi) is 5.90. The van der Waals surface area contributed by atoms with Gasteiger partial charge in [-0.3, -0.25) is 0 Å². The maximum atomic E-state index is 2.23. The van der Waals surface area contributed by atoms with Crippen LogP contribution in [0.15, 0.2) is 0 Å². The van der Waals surface area contributed by atoms with E-state index in [1.54, 1.807) is 22.5 Å². The zero-order chi connectivity index (χ0) is 4.50. The van der Waals surface area contributed by atoms with Crippen LogP contribution in [0.3, 0.4) is 0 Å². The van der Waals surface area contributed by atoms with Gasteiger partial charge in [-0.2, -0.15) is 0 Å². The molecule has 0 fully saturated rings. The van der Waals surface area contributed by atoms with E-state index in [1.807, 2.05) is 0 Å². The molecule has 0 N–H and O–H groups in total. The van der Waals surface area contributed by atoms with Gasteiger partial charge in [0.2, 0.25) is 0 Å². The van der Waals surface area contributed by atoms with Crippen molar-refractivity contribution < 1.29 is 0 Å². The van der Waals surface area contributed by atoms with E-state index in [0.29, 0.717) is 3.43 Å². The third-order valence-corrected chi connectivity index (χ3v) is 0. The predicted molar refractivity (Wildman–Crippen MR) is 31.2 cm³/mol. The van der Waals surface area contributed by atoms with Crippen LogP contribution in [0, 0.1) is 0 Å². The van der Waals surface area contributed by atoms with Crippen molar-refractivity contribution in [3.05, 3.63) is 0 Å². The van der Waals surface area contributed by atoms with Crippen LogP contribution >= 0.6 is 0 Å². The quantitative estimate of drug-likeness (QED) is 0.491. The summed E-state index contributed by atoms with van der Waals surface area (Å²) in [7, 11) is 0. The second-order valence-electron chi connectivity index (χ2n) is 2.25. The fourth-order valence-corrected chi connectivity index (χ4v) is 0. The Morgan fingerprint density at radius 2 is 1.17 bits per heavy atom. The van der Waals surface area contributed by atoms with Gasteiger partial charge in [-0.15, -0.1) is 0 Å². The van der Waals surface area contributed by atoms with E-state index in [1.165, 1.54) is 0 Å². The fourth-order valence-electron chi connectivity index (χ4n) is 0. The minimum atomic E-state index is 0. The third-order valence-electron chi connectivity index (χ3n) is 0. The third kappa shape index (κ3) is 53.5. The van der Waals surface area contributed by atoms with Gasteiger partial charge in [0.15, 0.2) is 0 Å². The molecule has 6 heavy (non-hydrogen) atoms. The molecule has 0 amide bonds. The summed E-state index contributed by atoms with van der Waals surface area (Å²) in [5.74, 6) is 0. The first-order chi connectivity index (χ1) is 2.00. The van der Waals surface area contributed by atoms with Gasteiger partial charge < -0.3 is 0 Å². The number of hydrogen-bond acceptors (Lipinski definition) is 0. The van der Waals surface area contributed by atoms with Crippen molar-refractivity contribution in [2.24, 2.45) is 0 Å². The van der Waals surface area contributed by atoms with Crippen molar-refractivity contribution >= 4 is 41.4 Å². The molecule has 0 saturated heterocycles. The Hall–Kier alpha value is 1.40. The molecule has 0 atom stereocenters. The maximum Gasteiger partial charge on any atom is 0 e. The SMILES string of the molecule is C[C](C)(C)[Sn].[Li]. The van der Waals surface area contributed by atoms with Crippen LogP contribution in [0.2, 0.25) is 3.43 Å². The summed E-state index contributed by atoms with van der Waals surface area (Å²) in [6, 6.07) is 0. The Balaban J connectivity index is 0. The van der Waals surface area contributed by atoms with Gasteiger partial charge in [-0.05, 0) is 0 Å². The summed E-state index contributed by atoms with van der Waals surface area (Å²) in [4.78, 5) is 0. The van der Waals surface area contributed by atoms with Crippen molar-refractivity contribution in [1.82, 2.24) is 0 Å². The molecule has 4 radical (unpaired) electrons. The van der Waals surface area contributed by atoms with Crippen molar-refractivity contribution in [2.75, 3.05) is 0 Å². The molecule has 0 aliphatic carbocycles. The standard InChI is InChI=1S/C4H9.Li.Sn/c1-4(2)3;;/h1-3H3;;. The zero-order valence-corrected chi connectivity index (χ0v) is 7.85. The summed E-state index contributed by atoms with van der Waals surface area (Å²) >= 11 is 1.62. The molecule has 2 heteroatoms. The van der Waals surface area contributed by atoms with Crippen LogP contribution in [0.5, 0.6) is 0 Å². The first kappa shape index (κ1) is 10.4. The summed E-state index contributed by atoms with van der Waals surface area (Å²) in [5.41, 5.74) is 0. The molecule has 0 bridgehead atoms. The number of rotatable bonds is 0. The molecule has 0 aliphatic heterocycles. The topological polar surface area (TPSA) is 0 Å². The van der Waals surface area contributed by atoms with E-state index in [-0.39, 0.29) is 18.9 Å². The molecule has 0 heterocycles. The fraction of sp³-hybridized carbons (Fsp3) is 1.00. The average molecular weight is 183 g/mol. The Bertz CT molecular complexity index is 23.0. The largest absolute Gasteiger partial charge is 0 e. The molecule has 0 spiro atoms. The van der Waals surface area contributed by atoms with Gasteiger partial charge in [0.05, 0.1) is 0 Å². The molecule has 0 aromatic rings. The molecule has 0 rings (SSSR count). The van der Waals surface area contributed by atoms with E-state index < -0.39 is 0 Å². The second-order valence-corrected chi connectivity index (χ2v) is 6.53. The minimum Gasteiger partial charge on any atom is 0 e. The van der Waals surface area contributed by atoms with Gasteiger partial charge >= 0.3 is 46.7 Å². The van der Waals surface area contributed by atoms with Gasteiger partial charge in [-0.25, -0.2) is 0 Å². The molecular weight excluding hydrogens is 174 g/mol. The van der Waals surface area contributed by atoms with Crippen molar-refractivity contribution in [2.45, 2.75) is 24.2 Å². The Labute approximate surface area is 65.3 Å². The van der Waals surface area contributed by atoms with Crippen LogP contribution in [0.1, 0.15) is 20.8 Å². The smallest absolute Gasteiger partial charge is 0 e. The molecule has 0 saturated carbocycles. The zero-order valence-electron chi connectivity index (χ0n) is 5.00. The summed E-state index contributed by atoms with van der Waals surface area (Å²) in [6.07, 6.45) is 0. The molecule has 0 aromatic carbocycles. The van der Waals surface area contributed by atoms with Gasteiger partial charge in [0, 0.05) is 18.9 Å². The Morgan fingerprint density at radius 3 is 1.17 bits per heavy atom. The number of hydrogen-bond donors (Lipinski definition) is 0. The second kappa shape index (κ2) is 3.40. The van der Waals surface area contributed by atoms with Crippen LogP contribution in [0.4, 0.5) is 0 Å². The summed E-state index contributed by atoms with van der Waals surface area (Å²) in [6.45, 7) is 6.68. The van der Waals surface area contributed by atoms with E-state index in [9.17, 15) is 0 Å². The maximum absolute atomic E-state index is 2.23. The van der Waals surface area contributed by atoms with Gasteiger partial charge in [-0.1, -0.05) is 0 Å². The van der Waals surface area contributed by atoms with Gasteiger partial charge in [0.1, 0.15) is 0 Å². The summed E-state index contributed by atoms with van der Waals surface area (Å²) in [5, 5.41) is 0. The van der Waals surface area contributed by atoms with Crippen LogP contribution in [-0.2, 0) is 0 Å². The molecule has 0 aromatic heterocycles. The molecule has 0 unspecified atom stereocenters. The van der Waals surface area contributed by atoms with Crippen molar-refractivity contribution in [3.8, 4) is 0 Å². The van der Waals surface area contributed by atoms with Crippen molar-refractivity contribution in [3.63, 3.8) is 0 Å². The monoisotopic (exact) mass is 184 g/mol. The molecule has 30 valence electrons. The first-order valence-corrected chi connectivity index (χ1v) is 3.18. The normalized spacial score (nSPS) is 10.0. The molecule has 0 aliphatic rings.